The average molecular weight is 272 g/mol. The van der Waals surface area contributed by atoms with E-state index >= 15 is 0 Å². The summed E-state index contributed by atoms with van der Waals surface area (Å²) in [4.78, 5) is 9.47. The maximum Gasteiger partial charge on any atom is 0.289 e. The molecule has 0 heterocycles. The molecule has 0 atom stereocenters. The number of rotatable bonds is 5. The van der Waals surface area contributed by atoms with E-state index in [0.717, 1.165) is 12.1 Å². The van der Waals surface area contributed by atoms with E-state index in [1.807, 2.05) is 0 Å². The van der Waals surface area contributed by atoms with Crippen LogP contribution in [0.2, 0.25) is 0 Å². The van der Waals surface area contributed by atoms with E-state index in [9.17, 15) is 18.5 Å². The number of benzene rings is 1. The third-order valence-electron chi connectivity index (χ3n) is 2.18. The summed E-state index contributed by atoms with van der Waals surface area (Å²) in [6.45, 7) is 1.13. The Balaban J connectivity index is 3.38. The van der Waals surface area contributed by atoms with E-state index in [1.165, 1.54) is 12.1 Å². The smallest absolute Gasteiger partial charge is 0.289 e. The second kappa shape index (κ2) is 5.69. The minimum Gasteiger partial charge on any atom is -0.390 e. The molecule has 8 heteroatoms. The number of hydrogen-bond donors (Lipinski definition) is 1. The molecule has 0 radical (unpaired) electrons. The number of sulfonamides is 1. The van der Waals surface area contributed by atoms with Gasteiger partial charge >= 0.3 is 0 Å². The highest BCUT2D eigenvalue weighted by molar-refractivity contribution is 7.90. The maximum atomic E-state index is 11.9. The van der Waals surface area contributed by atoms with Crippen LogP contribution in [0, 0.1) is 10.1 Å². The molecule has 98 valence electrons. The molecule has 1 aromatic rings. The number of nitro groups is 1. The molecule has 0 spiro atoms. The Bertz CT molecular complexity index is 574. The lowest BCUT2D eigenvalue weighted by Gasteiger charge is -2.02. The lowest BCUT2D eigenvalue weighted by atomic mass is 10.3. The van der Waals surface area contributed by atoms with Crippen LogP contribution in [0.1, 0.15) is 13.3 Å². The quantitative estimate of drug-likeness (QED) is 0.490. The van der Waals surface area contributed by atoms with Crippen molar-refractivity contribution in [1.29, 1.82) is 0 Å². The zero-order chi connectivity index (χ0) is 13.8. The summed E-state index contributed by atoms with van der Waals surface area (Å²) in [5.74, 6) is 0. The summed E-state index contributed by atoms with van der Waals surface area (Å²) >= 11 is 0. The molecular formula is C10H12N2O5S. The number of hydrogen-bond acceptors (Lipinski definition) is 5. The van der Waals surface area contributed by atoms with Gasteiger partial charge in [0.15, 0.2) is 4.90 Å². The molecule has 1 rings (SSSR count). The monoisotopic (exact) mass is 272 g/mol. The van der Waals surface area contributed by atoms with Gasteiger partial charge in [0.1, 0.15) is 0 Å². The van der Waals surface area contributed by atoms with Crippen molar-refractivity contribution in [1.82, 2.24) is 0 Å². The van der Waals surface area contributed by atoms with Crippen LogP contribution in [-0.4, -0.2) is 30.8 Å². The fourth-order valence-corrected chi connectivity index (χ4v) is 2.53. The summed E-state index contributed by atoms with van der Waals surface area (Å²) < 4.78 is 27.2. The van der Waals surface area contributed by atoms with Crippen LogP contribution in [-0.2, 0) is 10.0 Å². The van der Waals surface area contributed by atoms with Crippen molar-refractivity contribution in [3.05, 3.63) is 34.4 Å². The first kappa shape index (κ1) is 14.3. The molecule has 0 saturated heterocycles. The second-order valence-corrected chi connectivity index (χ2v) is 4.94. The maximum absolute atomic E-state index is 11.9. The Hall–Kier alpha value is -1.80. The van der Waals surface area contributed by atoms with Crippen molar-refractivity contribution in [2.75, 3.05) is 6.61 Å². The Labute approximate surface area is 104 Å². The van der Waals surface area contributed by atoms with Gasteiger partial charge in [-0.15, -0.1) is 0 Å². The van der Waals surface area contributed by atoms with Crippen molar-refractivity contribution in [3.63, 3.8) is 0 Å². The fourth-order valence-electron chi connectivity index (χ4n) is 1.25. The van der Waals surface area contributed by atoms with Crippen molar-refractivity contribution < 1.29 is 18.4 Å². The van der Waals surface area contributed by atoms with Crippen LogP contribution in [0.15, 0.2) is 33.6 Å². The SMILES string of the molecule is CCC(CO)=NS(=O)(=O)c1ccccc1[N+](=O)[O-]. The Morgan fingerprint density at radius 3 is 2.56 bits per heavy atom. The van der Waals surface area contributed by atoms with E-state index in [-0.39, 0.29) is 12.1 Å². The molecular weight excluding hydrogens is 260 g/mol. The van der Waals surface area contributed by atoms with Gasteiger partial charge in [0, 0.05) is 6.07 Å². The minimum absolute atomic E-state index is 0.0492. The van der Waals surface area contributed by atoms with Gasteiger partial charge in [-0.1, -0.05) is 19.1 Å². The predicted octanol–water partition coefficient (Wildman–Crippen LogP) is 1.13. The van der Waals surface area contributed by atoms with Crippen LogP contribution in [0.3, 0.4) is 0 Å². The summed E-state index contributed by atoms with van der Waals surface area (Å²) in [6.07, 6.45) is 0.246. The van der Waals surface area contributed by atoms with E-state index in [4.69, 9.17) is 5.11 Å². The van der Waals surface area contributed by atoms with Gasteiger partial charge in [0.25, 0.3) is 15.7 Å². The van der Waals surface area contributed by atoms with Crippen molar-refractivity contribution in [2.24, 2.45) is 4.40 Å². The number of nitrogens with zero attached hydrogens (tertiary/aromatic N) is 2. The molecule has 0 saturated carbocycles. The van der Waals surface area contributed by atoms with E-state index < -0.39 is 32.1 Å². The molecule has 0 aliphatic rings. The third kappa shape index (κ3) is 3.11. The minimum atomic E-state index is -4.17. The zero-order valence-corrected chi connectivity index (χ0v) is 10.4. The molecule has 0 fully saturated rings. The molecule has 7 nitrogen and oxygen atoms in total. The summed E-state index contributed by atoms with van der Waals surface area (Å²) in [7, 11) is -4.17. The molecule has 0 unspecified atom stereocenters. The first-order valence-corrected chi connectivity index (χ1v) is 6.53. The van der Waals surface area contributed by atoms with Gasteiger partial charge in [0.05, 0.1) is 17.2 Å². The Kier molecular flexibility index (Phi) is 4.51. The molecule has 18 heavy (non-hydrogen) atoms. The van der Waals surface area contributed by atoms with Crippen molar-refractivity contribution >= 4 is 21.4 Å². The molecule has 0 bridgehead atoms. The molecule has 0 aliphatic heterocycles. The van der Waals surface area contributed by atoms with Gasteiger partial charge in [-0.05, 0) is 12.5 Å². The summed E-state index contributed by atoms with van der Waals surface area (Å²) in [5.41, 5.74) is -0.484. The number of para-hydroxylation sites is 1. The predicted molar refractivity (Wildman–Crippen MR) is 65.1 cm³/mol. The van der Waals surface area contributed by atoms with Crippen molar-refractivity contribution in [3.8, 4) is 0 Å². The molecule has 0 amide bonds. The van der Waals surface area contributed by atoms with Gasteiger partial charge in [-0.2, -0.15) is 12.8 Å². The standard InChI is InChI=1S/C10H12N2O5S/c1-2-8(7-13)11-18(16,17)10-6-4-3-5-9(10)12(14)15/h3-6,13H,2,7H2,1H3. The van der Waals surface area contributed by atoms with Crippen LogP contribution < -0.4 is 0 Å². The summed E-state index contributed by atoms with van der Waals surface area (Å²) in [6, 6.07) is 4.95. The molecule has 1 N–H and O–H groups in total. The van der Waals surface area contributed by atoms with Gasteiger partial charge in [-0.3, -0.25) is 10.1 Å². The van der Waals surface area contributed by atoms with E-state index in [2.05, 4.69) is 4.40 Å². The highest BCUT2D eigenvalue weighted by atomic mass is 32.2. The number of aliphatic hydroxyl groups excluding tert-OH is 1. The van der Waals surface area contributed by atoms with Crippen LogP contribution >= 0.6 is 0 Å². The average Bonchev–Trinajstić information content (AvgIpc) is 2.36. The lowest BCUT2D eigenvalue weighted by molar-refractivity contribution is -0.387. The summed E-state index contributed by atoms with van der Waals surface area (Å²) in [5, 5.41) is 19.6. The zero-order valence-electron chi connectivity index (χ0n) is 9.61. The van der Waals surface area contributed by atoms with Crippen LogP contribution in [0.4, 0.5) is 5.69 Å². The second-order valence-electron chi connectivity index (χ2n) is 3.37. The highest BCUT2D eigenvalue weighted by Gasteiger charge is 2.24. The first-order valence-electron chi connectivity index (χ1n) is 5.09. The number of nitro benzene ring substituents is 1. The normalized spacial score (nSPS) is 12.4. The van der Waals surface area contributed by atoms with E-state index in [0.29, 0.717) is 0 Å². The van der Waals surface area contributed by atoms with Crippen LogP contribution in [0.5, 0.6) is 0 Å². The number of aliphatic hydroxyl groups is 1. The van der Waals surface area contributed by atoms with E-state index in [1.54, 1.807) is 6.92 Å². The van der Waals surface area contributed by atoms with Gasteiger partial charge in [-0.25, -0.2) is 0 Å². The van der Waals surface area contributed by atoms with Gasteiger partial charge < -0.3 is 5.11 Å². The fraction of sp³-hybridized carbons (Fsp3) is 0.300. The van der Waals surface area contributed by atoms with Crippen LogP contribution in [0.25, 0.3) is 0 Å². The van der Waals surface area contributed by atoms with Gasteiger partial charge in [0.2, 0.25) is 0 Å². The highest BCUT2D eigenvalue weighted by Crippen LogP contribution is 2.24. The van der Waals surface area contributed by atoms with Crippen molar-refractivity contribution in [2.45, 2.75) is 18.2 Å². The molecule has 0 aromatic heterocycles. The lowest BCUT2D eigenvalue weighted by Crippen LogP contribution is -2.09. The largest absolute Gasteiger partial charge is 0.390 e. The topological polar surface area (TPSA) is 110 Å². The first-order chi connectivity index (χ1) is 8.42. The Morgan fingerprint density at radius 1 is 1.44 bits per heavy atom. The molecule has 0 aliphatic carbocycles. The molecule has 1 aromatic carbocycles. The third-order valence-corrected chi connectivity index (χ3v) is 3.58. The Morgan fingerprint density at radius 2 is 2.06 bits per heavy atom.